The first-order valence-electron chi connectivity index (χ1n) is 7.09. The van der Waals surface area contributed by atoms with E-state index in [1.807, 2.05) is 6.92 Å². The van der Waals surface area contributed by atoms with Crippen molar-refractivity contribution in [1.82, 2.24) is 9.80 Å². The van der Waals surface area contributed by atoms with E-state index < -0.39 is 0 Å². The first kappa shape index (κ1) is 14.7. The monoisotopic (exact) mass is 272 g/mol. The van der Waals surface area contributed by atoms with Crippen molar-refractivity contribution in [3.8, 4) is 0 Å². The minimum Gasteiger partial charge on any atom is -0.465 e. The van der Waals surface area contributed by atoms with Gasteiger partial charge in [0, 0.05) is 32.7 Å². The molecule has 6 nitrogen and oxygen atoms in total. The van der Waals surface area contributed by atoms with Crippen molar-refractivity contribution < 1.29 is 19.0 Å². The molecule has 0 amide bonds. The Hall–Kier alpha value is -0.690. The highest BCUT2D eigenvalue weighted by Gasteiger charge is 2.30. The second-order valence-electron chi connectivity index (χ2n) is 4.83. The Kier molecular flexibility index (Phi) is 6.03. The highest BCUT2D eigenvalue weighted by molar-refractivity contribution is 5.76. The number of nitrogens with zero attached hydrogens (tertiary/aromatic N) is 2. The van der Waals surface area contributed by atoms with Gasteiger partial charge >= 0.3 is 5.97 Å². The Bertz CT molecular complexity index is 276. The summed E-state index contributed by atoms with van der Waals surface area (Å²) in [5, 5.41) is 0. The van der Waals surface area contributed by atoms with Crippen LogP contribution in [-0.4, -0.2) is 87.6 Å². The lowest BCUT2D eigenvalue weighted by Crippen LogP contribution is -2.54. The number of esters is 1. The van der Waals surface area contributed by atoms with Crippen LogP contribution in [0.25, 0.3) is 0 Å². The SMILES string of the molecule is CCOC(=O)C(CN1CCOCC1)N1CCOCC1. The van der Waals surface area contributed by atoms with Gasteiger partial charge in [0.25, 0.3) is 0 Å². The number of carbonyl (C=O) groups excluding carboxylic acids is 1. The smallest absolute Gasteiger partial charge is 0.324 e. The summed E-state index contributed by atoms with van der Waals surface area (Å²) in [4.78, 5) is 16.6. The van der Waals surface area contributed by atoms with Crippen molar-refractivity contribution in [2.45, 2.75) is 13.0 Å². The quantitative estimate of drug-likeness (QED) is 0.634. The van der Waals surface area contributed by atoms with Gasteiger partial charge in [0.2, 0.25) is 0 Å². The zero-order chi connectivity index (χ0) is 13.5. The zero-order valence-electron chi connectivity index (χ0n) is 11.7. The van der Waals surface area contributed by atoms with E-state index in [1.54, 1.807) is 0 Å². The van der Waals surface area contributed by atoms with Crippen molar-refractivity contribution in [2.75, 3.05) is 65.8 Å². The normalized spacial score (nSPS) is 24.1. The molecule has 2 saturated heterocycles. The molecule has 2 fully saturated rings. The van der Waals surface area contributed by atoms with E-state index in [-0.39, 0.29) is 12.0 Å². The van der Waals surface area contributed by atoms with E-state index in [0.717, 1.165) is 45.9 Å². The van der Waals surface area contributed by atoms with Crippen LogP contribution in [0.1, 0.15) is 6.92 Å². The molecule has 0 spiro atoms. The highest BCUT2D eigenvalue weighted by Crippen LogP contribution is 2.09. The van der Waals surface area contributed by atoms with Crippen molar-refractivity contribution in [2.24, 2.45) is 0 Å². The number of ether oxygens (including phenoxy) is 3. The van der Waals surface area contributed by atoms with Crippen molar-refractivity contribution >= 4 is 5.97 Å². The van der Waals surface area contributed by atoms with Crippen LogP contribution in [0.5, 0.6) is 0 Å². The zero-order valence-corrected chi connectivity index (χ0v) is 11.7. The maximum atomic E-state index is 12.2. The molecule has 0 aromatic heterocycles. The summed E-state index contributed by atoms with van der Waals surface area (Å²) in [5.74, 6) is -0.115. The summed E-state index contributed by atoms with van der Waals surface area (Å²) in [6, 6.07) is -0.179. The molecule has 6 heteroatoms. The van der Waals surface area contributed by atoms with E-state index in [9.17, 15) is 4.79 Å². The number of rotatable bonds is 5. The Morgan fingerprint density at radius 1 is 1.11 bits per heavy atom. The average molecular weight is 272 g/mol. The van der Waals surface area contributed by atoms with Crippen LogP contribution in [0, 0.1) is 0 Å². The molecular formula is C13H24N2O4. The maximum Gasteiger partial charge on any atom is 0.324 e. The van der Waals surface area contributed by atoms with Crippen LogP contribution >= 0.6 is 0 Å². The van der Waals surface area contributed by atoms with Crippen LogP contribution < -0.4 is 0 Å². The van der Waals surface area contributed by atoms with Crippen LogP contribution in [-0.2, 0) is 19.0 Å². The molecule has 2 aliphatic rings. The van der Waals surface area contributed by atoms with E-state index in [1.165, 1.54) is 0 Å². The molecule has 0 aromatic rings. The van der Waals surface area contributed by atoms with Gasteiger partial charge in [-0.2, -0.15) is 0 Å². The van der Waals surface area contributed by atoms with Gasteiger partial charge in [-0.1, -0.05) is 0 Å². The van der Waals surface area contributed by atoms with Gasteiger partial charge in [0.15, 0.2) is 0 Å². The van der Waals surface area contributed by atoms with Crippen molar-refractivity contribution in [1.29, 1.82) is 0 Å². The highest BCUT2D eigenvalue weighted by atomic mass is 16.5. The molecule has 110 valence electrons. The lowest BCUT2D eigenvalue weighted by atomic mass is 10.2. The Morgan fingerprint density at radius 2 is 1.68 bits per heavy atom. The lowest BCUT2D eigenvalue weighted by molar-refractivity contribution is -0.152. The predicted molar refractivity (Wildman–Crippen MR) is 70.1 cm³/mol. The van der Waals surface area contributed by atoms with Gasteiger partial charge in [0.1, 0.15) is 6.04 Å². The van der Waals surface area contributed by atoms with Gasteiger partial charge in [-0.25, -0.2) is 0 Å². The molecule has 0 bridgehead atoms. The number of hydrogen-bond acceptors (Lipinski definition) is 6. The maximum absolute atomic E-state index is 12.2. The first-order valence-corrected chi connectivity index (χ1v) is 7.09. The van der Waals surface area contributed by atoms with Crippen molar-refractivity contribution in [3.63, 3.8) is 0 Å². The molecular weight excluding hydrogens is 248 g/mol. The Balaban J connectivity index is 1.93. The van der Waals surface area contributed by atoms with Crippen LogP contribution in [0.3, 0.4) is 0 Å². The van der Waals surface area contributed by atoms with E-state index in [2.05, 4.69) is 9.80 Å². The molecule has 0 saturated carbocycles. The van der Waals surface area contributed by atoms with E-state index in [4.69, 9.17) is 14.2 Å². The summed E-state index contributed by atoms with van der Waals surface area (Å²) >= 11 is 0. The summed E-state index contributed by atoms with van der Waals surface area (Å²) in [6.45, 7) is 9.27. The van der Waals surface area contributed by atoms with Gasteiger partial charge in [-0.05, 0) is 6.92 Å². The predicted octanol–water partition coefficient (Wildman–Crippen LogP) is -0.417. The lowest BCUT2D eigenvalue weighted by Gasteiger charge is -2.36. The summed E-state index contributed by atoms with van der Waals surface area (Å²) in [5.41, 5.74) is 0. The third-order valence-electron chi connectivity index (χ3n) is 3.58. The first-order chi connectivity index (χ1) is 9.31. The Labute approximate surface area is 114 Å². The molecule has 1 unspecified atom stereocenters. The number of hydrogen-bond donors (Lipinski definition) is 0. The van der Waals surface area contributed by atoms with Gasteiger partial charge in [-0.3, -0.25) is 14.6 Å². The minimum atomic E-state index is -0.179. The molecule has 0 aliphatic carbocycles. The van der Waals surface area contributed by atoms with Gasteiger partial charge in [0.05, 0.1) is 33.0 Å². The molecule has 2 rings (SSSR count). The van der Waals surface area contributed by atoms with Crippen LogP contribution in [0.4, 0.5) is 0 Å². The topological polar surface area (TPSA) is 51.2 Å². The number of carbonyl (C=O) groups is 1. The molecule has 0 N–H and O–H groups in total. The molecule has 0 radical (unpaired) electrons. The fraction of sp³-hybridized carbons (Fsp3) is 0.923. The van der Waals surface area contributed by atoms with E-state index >= 15 is 0 Å². The van der Waals surface area contributed by atoms with Crippen LogP contribution in [0.15, 0.2) is 0 Å². The fourth-order valence-electron chi connectivity index (χ4n) is 2.49. The van der Waals surface area contributed by atoms with Crippen molar-refractivity contribution in [3.05, 3.63) is 0 Å². The molecule has 2 heterocycles. The summed E-state index contributed by atoms with van der Waals surface area (Å²) in [6.07, 6.45) is 0. The molecule has 19 heavy (non-hydrogen) atoms. The Morgan fingerprint density at radius 3 is 2.26 bits per heavy atom. The third kappa shape index (κ3) is 4.42. The van der Waals surface area contributed by atoms with Crippen LogP contribution in [0.2, 0.25) is 0 Å². The largest absolute Gasteiger partial charge is 0.465 e. The summed E-state index contributed by atoms with van der Waals surface area (Å²) < 4.78 is 15.9. The minimum absolute atomic E-state index is 0.115. The fourth-order valence-corrected chi connectivity index (χ4v) is 2.49. The number of morpholine rings is 2. The van der Waals surface area contributed by atoms with E-state index in [0.29, 0.717) is 19.8 Å². The molecule has 1 atom stereocenters. The molecule has 2 aliphatic heterocycles. The average Bonchev–Trinajstić information content (AvgIpc) is 2.47. The standard InChI is InChI=1S/C13H24N2O4/c1-2-19-13(16)12(15-5-9-18-10-6-15)11-14-3-7-17-8-4-14/h12H,2-11H2,1H3. The third-order valence-corrected chi connectivity index (χ3v) is 3.58. The van der Waals surface area contributed by atoms with Gasteiger partial charge < -0.3 is 14.2 Å². The van der Waals surface area contributed by atoms with Gasteiger partial charge in [-0.15, -0.1) is 0 Å². The molecule has 0 aromatic carbocycles. The summed E-state index contributed by atoms with van der Waals surface area (Å²) in [7, 11) is 0. The second kappa shape index (κ2) is 7.79. The second-order valence-corrected chi connectivity index (χ2v) is 4.83.